The van der Waals surface area contributed by atoms with Gasteiger partial charge in [0.1, 0.15) is 0 Å². The minimum Gasteiger partial charge on any atom is -0.253 e. The van der Waals surface area contributed by atoms with Crippen molar-refractivity contribution < 1.29 is 0 Å². The first-order valence-corrected chi connectivity index (χ1v) is 7.65. The van der Waals surface area contributed by atoms with Gasteiger partial charge in [-0.1, -0.05) is 52.9 Å². The lowest BCUT2D eigenvalue weighted by Crippen LogP contribution is -1.93. The fourth-order valence-corrected chi connectivity index (χ4v) is 2.48. The summed E-state index contributed by atoms with van der Waals surface area (Å²) in [6.45, 7) is 0. The maximum Gasteiger partial charge on any atom is 0.0999 e. The average molecular weight is 371 g/mol. The van der Waals surface area contributed by atoms with E-state index in [0.29, 0.717) is 5.56 Å². The lowest BCUT2D eigenvalue weighted by Gasteiger charge is -2.07. The number of nitriles is 1. The smallest absolute Gasteiger partial charge is 0.0999 e. The van der Waals surface area contributed by atoms with E-state index in [-0.39, 0.29) is 0 Å². The van der Waals surface area contributed by atoms with Gasteiger partial charge in [0, 0.05) is 16.2 Å². The van der Waals surface area contributed by atoms with Crippen LogP contribution in [0.15, 0.2) is 48.7 Å². The molecule has 0 saturated carbocycles. The van der Waals surface area contributed by atoms with Gasteiger partial charge < -0.3 is 0 Å². The topological polar surface area (TPSA) is 49.6 Å². The third-order valence-electron chi connectivity index (χ3n) is 3.07. The first-order valence-electron chi connectivity index (χ1n) is 6.13. The maximum absolute atomic E-state index is 9.34. The molecule has 0 bridgehead atoms. The first kappa shape index (κ1) is 13.0. The number of aromatic nitrogens is 2. The van der Waals surface area contributed by atoms with E-state index < -0.39 is 0 Å². The largest absolute Gasteiger partial charge is 0.253 e. The molecule has 0 aliphatic rings. The second kappa shape index (κ2) is 5.55. The van der Waals surface area contributed by atoms with Crippen molar-refractivity contribution in [2.45, 2.75) is 4.43 Å². The fourth-order valence-electron chi connectivity index (χ4n) is 2.11. The highest BCUT2D eigenvalue weighted by Crippen LogP contribution is 2.27. The molecule has 0 atom stereocenters. The molecule has 0 radical (unpaired) electrons. The zero-order chi connectivity index (χ0) is 13.9. The van der Waals surface area contributed by atoms with Crippen molar-refractivity contribution in [1.29, 1.82) is 5.26 Å². The molecule has 0 amide bonds. The lowest BCUT2D eigenvalue weighted by atomic mass is 9.99. The Morgan fingerprint density at radius 3 is 2.60 bits per heavy atom. The summed E-state index contributed by atoms with van der Waals surface area (Å²) in [6, 6.07) is 15.9. The van der Waals surface area contributed by atoms with E-state index in [1.807, 2.05) is 42.5 Å². The summed E-state index contributed by atoms with van der Waals surface area (Å²) in [5.41, 5.74) is 5.09. The second-order valence-electron chi connectivity index (χ2n) is 4.36. The van der Waals surface area contributed by atoms with E-state index in [1.165, 1.54) is 0 Å². The Hall–Kier alpha value is -2.00. The van der Waals surface area contributed by atoms with Crippen LogP contribution in [0, 0.1) is 11.3 Å². The van der Waals surface area contributed by atoms with E-state index in [2.05, 4.69) is 38.6 Å². The molecule has 0 saturated heterocycles. The summed E-state index contributed by atoms with van der Waals surface area (Å²) in [7, 11) is 0. The van der Waals surface area contributed by atoms with Crippen molar-refractivity contribution in [3.8, 4) is 17.2 Å². The van der Waals surface area contributed by atoms with E-state index >= 15 is 0 Å². The van der Waals surface area contributed by atoms with E-state index in [9.17, 15) is 5.26 Å². The predicted octanol–water partition coefficient (Wildman–Crippen LogP) is 4.10. The molecule has 0 unspecified atom stereocenters. The van der Waals surface area contributed by atoms with Crippen LogP contribution in [0.3, 0.4) is 0 Å². The van der Waals surface area contributed by atoms with E-state index in [0.717, 1.165) is 32.3 Å². The number of alkyl halides is 1. The van der Waals surface area contributed by atoms with Gasteiger partial charge in [0.2, 0.25) is 0 Å². The molecule has 0 aliphatic heterocycles. The molecular weight excluding hydrogens is 361 g/mol. The number of halogens is 1. The van der Waals surface area contributed by atoms with Crippen LogP contribution < -0.4 is 0 Å². The first-order chi connectivity index (χ1) is 9.81. The molecule has 3 aromatic rings. The quantitative estimate of drug-likeness (QED) is 0.503. The standard InChI is InChI=1S/C16H10IN3/c17-8-13-10-19-15-6-12(9-18)14(7-16(15)20-13)11-4-2-1-3-5-11/h1-7,10H,8H2. The van der Waals surface area contributed by atoms with Gasteiger partial charge in [0.15, 0.2) is 0 Å². The number of hydrogen-bond acceptors (Lipinski definition) is 3. The second-order valence-corrected chi connectivity index (χ2v) is 5.12. The van der Waals surface area contributed by atoms with Crippen LogP contribution in [0.4, 0.5) is 0 Å². The van der Waals surface area contributed by atoms with Crippen molar-refractivity contribution in [2.24, 2.45) is 0 Å². The molecule has 0 fully saturated rings. The molecule has 3 nitrogen and oxygen atoms in total. The Morgan fingerprint density at radius 1 is 1.10 bits per heavy atom. The number of hydrogen-bond donors (Lipinski definition) is 0. The van der Waals surface area contributed by atoms with Gasteiger partial charge in [-0.15, -0.1) is 0 Å². The maximum atomic E-state index is 9.34. The highest BCUT2D eigenvalue weighted by atomic mass is 127. The Labute approximate surface area is 130 Å². The summed E-state index contributed by atoms with van der Waals surface area (Å²) in [5, 5.41) is 9.34. The van der Waals surface area contributed by atoms with Crippen LogP contribution in [-0.4, -0.2) is 9.97 Å². The molecule has 0 spiro atoms. The zero-order valence-corrected chi connectivity index (χ0v) is 12.7. The number of rotatable bonds is 2. The van der Waals surface area contributed by atoms with Gasteiger partial charge in [0.25, 0.3) is 0 Å². The van der Waals surface area contributed by atoms with Crippen LogP contribution >= 0.6 is 22.6 Å². The van der Waals surface area contributed by atoms with E-state index in [4.69, 9.17) is 0 Å². The average Bonchev–Trinajstić information content (AvgIpc) is 2.53. The monoisotopic (exact) mass is 371 g/mol. The highest BCUT2D eigenvalue weighted by molar-refractivity contribution is 14.1. The van der Waals surface area contributed by atoms with Gasteiger partial charge in [0.05, 0.1) is 28.4 Å². The molecule has 1 aromatic heterocycles. The van der Waals surface area contributed by atoms with Gasteiger partial charge in [-0.25, -0.2) is 4.98 Å². The van der Waals surface area contributed by atoms with Gasteiger partial charge in [-0.2, -0.15) is 5.26 Å². The van der Waals surface area contributed by atoms with Crippen molar-refractivity contribution in [1.82, 2.24) is 9.97 Å². The third-order valence-corrected chi connectivity index (χ3v) is 3.86. The summed E-state index contributed by atoms with van der Waals surface area (Å²) in [6.07, 6.45) is 1.76. The fraction of sp³-hybridized carbons (Fsp3) is 0.0625. The number of benzene rings is 2. The van der Waals surface area contributed by atoms with Crippen LogP contribution in [-0.2, 0) is 4.43 Å². The van der Waals surface area contributed by atoms with E-state index in [1.54, 1.807) is 6.20 Å². The Bertz CT molecular complexity index is 807. The van der Waals surface area contributed by atoms with Crippen LogP contribution in [0.1, 0.15) is 11.3 Å². The molecule has 96 valence electrons. The third kappa shape index (κ3) is 2.37. The molecule has 3 rings (SSSR count). The Kier molecular flexibility index (Phi) is 3.61. The van der Waals surface area contributed by atoms with Gasteiger partial charge in [-0.05, 0) is 17.7 Å². The SMILES string of the molecule is N#Cc1cc2ncc(CI)nc2cc1-c1ccccc1. The normalized spacial score (nSPS) is 10.4. The van der Waals surface area contributed by atoms with Crippen LogP contribution in [0.5, 0.6) is 0 Å². The van der Waals surface area contributed by atoms with Crippen molar-refractivity contribution in [2.75, 3.05) is 0 Å². The Morgan fingerprint density at radius 2 is 1.90 bits per heavy atom. The van der Waals surface area contributed by atoms with Crippen LogP contribution in [0.25, 0.3) is 22.2 Å². The summed E-state index contributed by atoms with van der Waals surface area (Å²) in [5.74, 6) is 0. The van der Waals surface area contributed by atoms with Crippen molar-refractivity contribution in [3.05, 3.63) is 59.9 Å². The highest BCUT2D eigenvalue weighted by Gasteiger charge is 2.09. The minimum absolute atomic E-state index is 0.625. The van der Waals surface area contributed by atoms with Crippen molar-refractivity contribution in [3.63, 3.8) is 0 Å². The molecule has 4 heteroatoms. The predicted molar refractivity (Wildman–Crippen MR) is 87.4 cm³/mol. The minimum atomic E-state index is 0.625. The summed E-state index contributed by atoms with van der Waals surface area (Å²) in [4.78, 5) is 8.95. The number of fused-ring (bicyclic) bond motifs is 1. The summed E-state index contributed by atoms with van der Waals surface area (Å²) < 4.78 is 0.821. The molecule has 2 aromatic carbocycles. The molecule has 0 aliphatic carbocycles. The zero-order valence-electron chi connectivity index (χ0n) is 10.5. The van der Waals surface area contributed by atoms with Crippen LogP contribution in [0.2, 0.25) is 0 Å². The lowest BCUT2D eigenvalue weighted by molar-refractivity contribution is 1.18. The summed E-state index contributed by atoms with van der Waals surface area (Å²) >= 11 is 2.27. The number of nitrogens with zero attached hydrogens (tertiary/aromatic N) is 3. The van der Waals surface area contributed by atoms with Gasteiger partial charge in [-0.3, -0.25) is 4.98 Å². The van der Waals surface area contributed by atoms with Gasteiger partial charge >= 0.3 is 0 Å². The molecule has 1 heterocycles. The van der Waals surface area contributed by atoms with Crippen molar-refractivity contribution >= 4 is 33.6 Å². The molecule has 20 heavy (non-hydrogen) atoms. The molecular formula is C16H10IN3. The Balaban J connectivity index is 2.28. The molecule has 0 N–H and O–H groups in total.